The van der Waals surface area contributed by atoms with Crippen LogP contribution in [0.1, 0.15) is 92.7 Å². The second-order valence-corrected chi connectivity index (χ2v) is 22.8. The molecule has 3 aromatic carbocycles. The number of hydrogen-bond donors (Lipinski definition) is 2. The SMILES string of the molecule is CCP(=O)(CC)c1ccc(-n2ccn(-c3c4c(nn3-c3cc(C)c(F)c(C)c3)CCN(C(=O)c3cc5cc(N6CCOC(C)(C)C6)ccc5n3C3(c5noc(=O)[nH]5)CC3C)C4C)c2=O)cc1NC. The fourth-order valence-electron chi connectivity index (χ4n) is 10.9. The number of benzene rings is 3. The number of nitrogens with zero attached hydrogens (tertiary/aromatic N) is 8. The molecule has 1 saturated carbocycles. The summed E-state index contributed by atoms with van der Waals surface area (Å²) >= 11 is 0. The van der Waals surface area contributed by atoms with E-state index in [1.165, 1.54) is 9.13 Å². The summed E-state index contributed by atoms with van der Waals surface area (Å²) in [5.41, 5.74) is 4.73. The van der Waals surface area contributed by atoms with Crippen molar-refractivity contribution in [1.82, 2.24) is 38.5 Å². The molecule has 16 nitrogen and oxygen atoms in total. The van der Waals surface area contributed by atoms with Gasteiger partial charge in [0.15, 0.2) is 5.82 Å². The molecule has 3 atom stereocenters. The van der Waals surface area contributed by atoms with Crippen molar-refractivity contribution >= 4 is 40.6 Å². The largest absolute Gasteiger partial charge is 0.438 e. The van der Waals surface area contributed by atoms with Crippen LogP contribution in [0.5, 0.6) is 0 Å². The van der Waals surface area contributed by atoms with Crippen LogP contribution in [0.25, 0.3) is 28.1 Å². The van der Waals surface area contributed by atoms with Crippen LogP contribution in [0, 0.1) is 25.6 Å². The molecule has 2 N–H and O–H groups in total. The Labute approximate surface area is 393 Å². The number of imidazole rings is 1. The quantitative estimate of drug-likeness (QED) is 0.124. The molecule has 2 fully saturated rings. The van der Waals surface area contributed by atoms with Crippen molar-refractivity contribution in [2.75, 3.05) is 55.8 Å². The summed E-state index contributed by atoms with van der Waals surface area (Å²) in [6.07, 6.45) is 5.39. The molecule has 3 aliphatic rings. The van der Waals surface area contributed by atoms with E-state index in [-0.39, 0.29) is 23.2 Å². The number of H-pyrrole nitrogens is 1. The topological polar surface area (TPSA) is 170 Å². The number of anilines is 2. The van der Waals surface area contributed by atoms with Crippen molar-refractivity contribution in [2.24, 2.45) is 5.92 Å². The maximum absolute atomic E-state index is 15.6. The molecule has 7 aromatic rings. The summed E-state index contributed by atoms with van der Waals surface area (Å²) in [5, 5.41) is 14.1. The molecular weight excluding hydrogens is 887 g/mol. The zero-order valence-corrected chi connectivity index (χ0v) is 40.9. The van der Waals surface area contributed by atoms with E-state index in [0.29, 0.717) is 102 Å². The minimum absolute atomic E-state index is 0.00191. The number of carbonyl (C=O) groups is 1. The molecule has 68 heavy (non-hydrogen) atoms. The summed E-state index contributed by atoms with van der Waals surface area (Å²) in [6.45, 7) is 17.8. The van der Waals surface area contributed by atoms with Crippen LogP contribution < -0.4 is 27.0 Å². The number of aryl methyl sites for hydroxylation is 2. The smallest absolute Gasteiger partial charge is 0.387 e. The number of aromatic amines is 1. The molecule has 0 radical (unpaired) electrons. The Morgan fingerprint density at radius 2 is 1.66 bits per heavy atom. The van der Waals surface area contributed by atoms with Crippen molar-refractivity contribution in [2.45, 2.75) is 85.4 Å². The van der Waals surface area contributed by atoms with E-state index in [1.54, 1.807) is 50.1 Å². The highest BCUT2D eigenvalue weighted by molar-refractivity contribution is 7.71. The minimum Gasteiger partial charge on any atom is -0.387 e. The number of aromatic nitrogens is 7. The van der Waals surface area contributed by atoms with Crippen LogP contribution in [0.15, 0.2) is 81.1 Å². The summed E-state index contributed by atoms with van der Waals surface area (Å²) in [7, 11) is -0.879. The van der Waals surface area contributed by atoms with Gasteiger partial charge in [-0.3, -0.25) is 23.4 Å². The van der Waals surface area contributed by atoms with Gasteiger partial charge in [-0.15, -0.1) is 0 Å². The Morgan fingerprint density at radius 1 is 0.956 bits per heavy atom. The van der Waals surface area contributed by atoms with Gasteiger partial charge in [-0.1, -0.05) is 25.9 Å². The molecule has 1 aliphatic carbocycles. The van der Waals surface area contributed by atoms with Gasteiger partial charge in [0, 0.05) is 91.0 Å². The van der Waals surface area contributed by atoms with Gasteiger partial charge in [-0.25, -0.2) is 18.7 Å². The number of ether oxygens (including phenoxy) is 1. The van der Waals surface area contributed by atoms with E-state index in [1.807, 2.05) is 60.6 Å². The minimum atomic E-state index is -2.66. The highest BCUT2D eigenvalue weighted by Gasteiger charge is 2.59. The van der Waals surface area contributed by atoms with Gasteiger partial charge in [0.05, 0.1) is 35.3 Å². The van der Waals surface area contributed by atoms with Crippen LogP contribution >= 0.6 is 7.14 Å². The molecule has 6 heterocycles. The van der Waals surface area contributed by atoms with Crippen molar-refractivity contribution in [1.29, 1.82) is 0 Å². The first-order valence-corrected chi connectivity index (χ1v) is 25.5. The number of nitrogens with one attached hydrogen (secondary N) is 2. The predicted molar refractivity (Wildman–Crippen MR) is 261 cm³/mol. The number of hydrogen-bond acceptors (Lipinski definition) is 10. The third-order valence-corrected chi connectivity index (χ3v) is 18.0. The van der Waals surface area contributed by atoms with Crippen molar-refractivity contribution in [3.05, 3.63) is 128 Å². The first-order chi connectivity index (χ1) is 32.4. The van der Waals surface area contributed by atoms with Crippen molar-refractivity contribution in [3.63, 3.8) is 0 Å². The third kappa shape index (κ3) is 7.10. The summed E-state index contributed by atoms with van der Waals surface area (Å²) in [5.74, 6) is -0.456. The van der Waals surface area contributed by atoms with Gasteiger partial charge in [0.1, 0.15) is 30.0 Å². The number of amides is 1. The van der Waals surface area contributed by atoms with E-state index in [2.05, 4.69) is 53.3 Å². The lowest BCUT2D eigenvalue weighted by Crippen LogP contribution is -2.48. The number of carbonyl (C=O) groups excluding carboxylic acids is 1. The Hall–Kier alpha value is -6.45. The zero-order valence-electron chi connectivity index (χ0n) is 40.0. The third-order valence-electron chi connectivity index (χ3n) is 14.7. The first kappa shape index (κ1) is 45.3. The molecule has 356 valence electrons. The van der Waals surface area contributed by atoms with Crippen LogP contribution in [0.2, 0.25) is 0 Å². The maximum atomic E-state index is 15.6. The first-order valence-electron chi connectivity index (χ1n) is 23.5. The number of morpholine rings is 1. The van der Waals surface area contributed by atoms with Gasteiger partial charge in [0.2, 0.25) is 0 Å². The van der Waals surface area contributed by atoms with Crippen molar-refractivity contribution in [3.8, 4) is 17.2 Å². The average Bonchev–Trinajstić information content (AvgIpc) is 3.82. The Kier molecular flexibility index (Phi) is 10.9. The van der Waals surface area contributed by atoms with E-state index < -0.39 is 30.2 Å². The summed E-state index contributed by atoms with van der Waals surface area (Å²) in [6, 6.07) is 16.5. The van der Waals surface area contributed by atoms with Gasteiger partial charge in [-0.05, 0) is 113 Å². The molecule has 0 spiro atoms. The summed E-state index contributed by atoms with van der Waals surface area (Å²) in [4.78, 5) is 49.9. The second-order valence-electron chi connectivity index (χ2n) is 19.3. The monoisotopic (exact) mass is 944 g/mol. The number of rotatable bonds is 11. The number of fused-ring (bicyclic) bond motifs is 2. The van der Waals surface area contributed by atoms with Gasteiger partial charge < -0.3 is 29.0 Å². The van der Waals surface area contributed by atoms with Crippen LogP contribution in [-0.2, 0) is 21.3 Å². The Balaban J connectivity index is 1.11. The van der Waals surface area contributed by atoms with E-state index in [4.69, 9.17) is 14.4 Å². The molecule has 2 aliphatic heterocycles. The standard InChI is InChI=1S/C50H58FN10O6P/c1-10-68(65,11-2)41-15-13-35(26-38(41)52-9)58-18-19-59(48(58)64)44-42-32(6)57(17-16-37(42)54-61(44)36-22-29(3)43(51)30(4)23-36)45(62)40-25-33-24-34(56-20-21-66-49(7,8)28-56)12-14-39(33)60(40)50(27-31(50)5)46-53-47(63)67-55-46/h12-15,18-19,22-26,31-32,52H,10-11,16-17,20-21,27-28H2,1-9H3,(H,53,55,63). The van der Waals surface area contributed by atoms with Gasteiger partial charge in [-0.2, -0.15) is 5.10 Å². The fraction of sp³-hybridized carbons (Fsp3) is 0.420. The second kappa shape index (κ2) is 16.4. The van der Waals surface area contributed by atoms with Crippen molar-refractivity contribution < 1.29 is 23.0 Å². The normalized spacial score (nSPS) is 20.3. The molecule has 4 aromatic heterocycles. The average molecular weight is 945 g/mol. The molecule has 3 unspecified atom stereocenters. The highest BCUT2D eigenvalue weighted by atomic mass is 31.2. The van der Waals surface area contributed by atoms with Gasteiger partial charge >= 0.3 is 11.4 Å². The fourth-order valence-corrected chi connectivity index (χ4v) is 12.9. The molecular formula is C50H58FN10O6P. The maximum Gasteiger partial charge on any atom is 0.438 e. The molecule has 1 amide bonds. The van der Waals surface area contributed by atoms with Crippen LogP contribution in [0.3, 0.4) is 0 Å². The Morgan fingerprint density at radius 3 is 2.31 bits per heavy atom. The van der Waals surface area contributed by atoms with E-state index >= 15 is 9.18 Å². The lowest BCUT2D eigenvalue weighted by atomic mass is 9.98. The summed E-state index contributed by atoms with van der Waals surface area (Å²) < 4.78 is 46.9. The highest BCUT2D eigenvalue weighted by Crippen LogP contribution is 2.56. The van der Waals surface area contributed by atoms with Gasteiger partial charge in [0.25, 0.3) is 5.91 Å². The molecule has 10 rings (SSSR count). The lowest BCUT2D eigenvalue weighted by Gasteiger charge is -2.39. The Bertz CT molecular complexity index is 3310. The van der Waals surface area contributed by atoms with E-state index in [0.717, 1.165) is 28.4 Å². The zero-order chi connectivity index (χ0) is 48.2. The molecule has 1 saturated heterocycles. The van der Waals surface area contributed by atoms with Crippen LogP contribution in [-0.4, -0.2) is 95.6 Å². The predicted octanol–water partition coefficient (Wildman–Crippen LogP) is 7.43. The lowest BCUT2D eigenvalue weighted by molar-refractivity contribution is -0.0276. The number of halogens is 1. The molecule has 0 bridgehead atoms. The molecule has 18 heteroatoms. The van der Waals surface area contributed by atoms with E-state index in [9.17, 15) is 14.2 Å². The van der Waals surface area contributed by atoms with Crippen LogP contribution in [0.4, 0.5) is 15.8 Å².